The highest BCUT2D eigenvalue weighted by atomic mass is 32.2. The zero-order valence-electron chi connectivity index (χ0n) is 8.96. The van der Waals surface area contributed by atoms with Crippen molar-refractivity contribution < 1.29 is 9.53 Å². The van der Waals surface area contributed by atoms with Gasteiger partial charge in [0.25, 0.3) is 0 Å². The summed E-state index contributed by atoms with van der Waals surface area (Å²) in [5.41, 5.74) is 2.76. The fourth-order valence-corrected chi connectivity index (χ4v) is 1.90. The summed E-state index contributed by atoms with van der Waals surface area (Å²) in [7, 11) is 0. The summed E-state index contributed by atoms with van der Waals surface area (Å²) in [4.78, 5) is 11.3. The molecular weight excluding hydrogens is 200 g/mol. The molecule has 5 heteroatoms. The number of thioether (sulfide) groups is 1. The van der Waals surface area contributed by atoms with Gasteiger partial charge in [-0.3, -0.25) is 5.43 Å². The van der Waals surface area contributed by atoms with Crippen molar-refractivity contribution in [1.82, 2.24) is 5.43 Å². The lowest BCUT2D eigenvalue weighted by atomic mass is 9.99. The monoisotopic (exact) mass is 216 g/mol. The lowest BCUT2D eigenvalue weighted by molar-refractivity contribution is -0.142. The first-order valence-electron chi connectivity index (χ1n) is 4.62. The molecule has 0 aromatic heterocycles. The molecule has 0 aromatic rings. The van der Waals surface area contributed by atoms with Crippen molar-refractivity contribution in [1.29, 1.82) is 0 Å². The number of rotatable bonds is 2. The Kier molecular flexibility index (Phi) is 3.42. The van der Waals surface area contributed by atoms with E-state index < -0.39 is 0 Å². The largest absolute Gasteiger partial charge is 0.464 e. The Hall–Kier alpha value is -0.710. The maximum absolute atomic E-state index is 11.3. The average Bonchev–Trinajstić information content (AvgIpc) is 2.51. The van der Waals surface area contributed by atoms with Gasteiger partial charge in [0.05, 0.1) is 6.61 Å². The van der Waals surface area contributed by atoms with Crippen molar-refractivity contribution in [2.45, 2.75) is 33.1 Å². The van der Waals surface area contributed by atoms with Crippen LogP contribution in [0.25, 0.3) is 0 Å². The van der Waals surface area contributed by atoms with Gasteiger partial charge in [-0.2, -0.15) is 5.10 Å². The molecule has 0 aliphatic carbocycles. The van der Waals surface area contributed by atoms with Gasteiger partial charge < -0.3 is 4.74 Å². The van der Waals surface area contributed by atoms with E-state index in [1.165, 1.54) is 11.8 Å². The first kappa shape index (κ1) is 11.4. The van der Waals surface area contributed by atoms with Gasteiger partial charge in [-0.25, -0.2) is 4.79 Å². The van der Waals surface area contributed by atoms with Gasteiger partial charge in [0.2, 0.25) is 0 Å². The van der Waals surface area contributed by atoms with E-state index >= 15 is 0 Å². The number of ether oxygens (including phenoxy) is 1. The molecular formula is C9H16N2O2S. The van der Waals surface area contributed by atoms with Gasteiger partial charge in [-0.15, -0.1) is 0 Å². The minimum absolute atomic E-state index is 0.0150. The number of nitrogens with one attached hydrogen (secondary N) is 1. The van der Waals surface area contributed by atoms with Crippen molar-refractivity contribution in [3.8, 4) is 0 Å². The van der Waals surface area contributed by atoms with Crippen LogP contribution in [-0.2, 0) is 9.53 Å². The van der Waals surface area contributed by atoms with E-state index in [0.717, 1.165) is 5.04 Å². The number of nitrogens with zero attached hydrogens (tertiary/aromatic N) is 1. The molecule has 1 rings (SSSR count). The maximum atomic E-state index is 11.3. The number of hydrogen-bond donors (Lipinski definition) is 1. The lowest BCUT2D eigenvalue weighted by Crippen LogP contribution is -2.28. The summed E-state index contributed by atoms with van der Waals surface area (Å²) in [6, 6.07) is 0. The quantitative estimate of drug-likeness (QED) is 0.712. The van der Waals surface area contributed by atoms with Crippen molar-refractivity contribution in [2.75, 3.05) is 6.61 Å². The first-order valence-corrected chi connectivity index (χ1v) is 5.50. The SMILES string of the molecule is CCOC(=O)C1NN=C(C(C)(C)C)S1. The summed E-state index contributed by atoms with van der Waals surface area (Å²) in [6.07, 6.45) is 0. The first-order chi connectivity index (χ1) is 6.45. The molecule has 0 bridgehead atoms. The Morgan fingerprint density at radius 1 is 1.64 bits per heavy atom. The van der Waals surface area contributed by atoms with Crippen LogP contribution in [-0.4, -0.2) is 23.0 Å². The molecule has 1 atom stereocenters. The molecule has 1 aliphatic rings. The Labute approximate surface area is 88.5 Å². The topological polar surface area (TPSA) is 50.7 Å². The van der Waals surface area contributed by atoms with Gasteiger partial charge in [-0.05, 0) is 6.92 Å². The van der Waals surface area contributed by atoms with E-state index in [-0.39, 0.29) is 16.8 Å². The van der Waals surface area contributed by atoms with Crippen molar-refractivity contribution in [2.24, 2.45) is 10.5 Å². The summed E-state index contributed by atoms with van der Waals surface area (Å²) in [6.45, 7) is 8.39. The van der Waals surface area contributed by atoms with E-state index in [4.69, 9.17) is 4.74 Å². The minimum Gasteiger partial charge on any atom is -0.464 e. The number of carbonyl (C=O) groups excluding carboxylic acids is 1. The predicted molar refractivity (Wildman–Crippen MR) is 58.0 cm³/mol. The zero-order valence-corrected chi connectivity index (χ0v) is 9.77. The van der Waals surface area contributed by atoms with Crippen LogP contribution in [0.3, 0.4) is 0 Å². The lowest BCUT2D eigenvalue weighted by Gasteiger charge is -2.16. The minimum atomic E-state index is -0.371. The Morgan fingerprint density at radius 2 is 2.29 bits per heavy atom. The fourth-order valence-electron chi connectivity index (χ4n) is 0.945. The highest BCUT2D eigenvalue weighted by Gasteiger charge is 2.32. The molecule has 0 fully saturated rings. The molecule has 0 spiro atoms. The van der Waals surface area contributed by atoms with Gasteiger partial charge >= 0.3 is 5.97 Å². The Morgan fingerprint density at radius 3 is 2.71 bits per heavy atom. The van der Waals surface area contributed by atoms with Crippen molar-refractivity contribution in [3.63, 3.8) is 0 Å². The second kappa shape index (κ2) is 4.21. The molecule has 0 amide bonds. The molecule has 4 nitrogen and oxygen atoms in total. The summed E-state index contributed by atoms with van der Waals surface area (Å²) < 4.78 is 4.89. The molecule has 0 saturated carbocycles. The molecule has 1 N–H and O–H groups in total. The smallest absolute Gasteiger partial charge is 0.341 e. The third kappa shape index (κ3) is 2.64. The summed E-state index contributed by atoms with van der Waals surface area (Å²) in [5.74, 6) is -0.250. The second-order valence-electron chi connectivity index (χ2n) is 4.05. The zero-order chi connectivity index (χ0) is 10.8. The van der Waals surface area contributed by atoms with Crippen LogP contribution >= 0.6 is 11.8 Å². The van der Waals surface area contributed by atoms with Gasteiger partial charge in [0.15, 0.2) is 5.37 Å². The molecule has 14 heavy (non-hydrogen) atoms. The van der Waals surface area contributed by atoms with Crippen LogP contribution in [0.5, 0.6) is 0 Å². The second-order valence-corrected chi connectivity index (χ2v) is 5.14. The van der Waals surface area contributed by atoms with E-state index in [2.05, 4.69) is 31.3 Å². The van der Waals surface area contributed by atoms with Crippen LogP contribution in [0.4, 0.5) is 0 Å². The molecule has 1 unspecified atom stereocenters. The normalized spacial score (nSPS) is 21.4. The van der Waals surface area contributed by atoms with E-state index in [9.17, 15) is 4.79 Å². The van der Waals surface area contributed by atoms with Gasteiger partial charge in [0.1, 0.15) is 5.04 Å². The van der Waals surface area contributed by atoms with Crippen molar-refractivity contribution in [3.05, 3.63) is 0 Å². The number of hydrogen-bond acceptors (Lipinski definition) is 5. The van der Waals surface area contributed by atoms with E-state index in [1.54, 1.807) is 6.92 Å². The Bertz CT molecular complexity index is 258. The third-order valence-corrected chi connectivity index (χ3v) is 3.12. The molecule has 1 heterocycles. The number of esters is 1. The molecule has 0 saturated heterocycles. The van der Waals surface area contributed by atoms with Gasteiger partial charge in [0, 0.05) is 5.41 Å². The molecule has 80 valence electrons. The van der Waals surface area contributed by atoms with E-state index in [1.807, 2.05) is 0 Å². The Balaban J connectivity index is 2.50. The van der Waals surface area contributed by atoms with Crippen LogP contribution in [0, 0.1) is 5.41 Å². The maximum Gasteiger partial charge on any atom is 0.341 e. The third-order valence-electron chi connectivity index (χ3n) is 1.66. The average molecular weight is 216 g/mol. The molecule has 0 radical (unpaired) electrons. The van der Waals surface area contributed by atoms with Crippen molar-refractivity contribution >= 4 is 22.8 Å². The summed E-state index contributed by atoms with van der Waals surface area (Å²) in [5, 5.41) is 4.69. The highest BCUT2D eigenvalue weighted by Crippen LogP contribution is 2.30. The molecule has 0 aromatic carbocycles. The van der Waals surface area contributed by atoms with Crippen LogP contribution in [0.15, 0.2) is 5.10 Å². The number of carbonyl (C=O) groups is 1. The van der Waals surface area contributed by atoms with Gasteiger partial charge in [-0.1, -0.05) is 32.5 Å². The highest BCUT2D eigenvalue weighted by molar-refractivity contribution is 8.15. The number of hydrazone groups is 1. The molecule has 1 aliphatic heterocycles. The predicted octanol–water partition coefficient (Wildman–Crippen LogP) is 1.57. The van der Waals surface area contributed by atoms with Crippen LogP contribution in [0.2, 0.25) is 0 Å². The van der Waals surface area contributed by atoms with E-state index in [0.29, 0.717) is 6.61 Å². The fraction of sp³-hybridized carbons (Fsp3) is 0.778. The van der Waals surface area contributed by atoms with Crippen LogP contribution in [0.1, 0.15) is 27.7 Å². The standard InChI is InChI=1S/C9H16N2O2S/c1-5-13-7(12)6-10-11-8(14-6)9(2,3)4/h6,10H,5H2,1-4H3. The van der Waals surface area contributed by atoms with Crippen LogP contribution < -0.4 is 5.43 Å². The summed E-state index contributed by atoms with van der Waals surface area (Å²) >= 11 is 1.43.